The van der Waals surface area contributed by atoms with Crippen molar-refractivity contribution >= 4 is 21.6 Å². The maximum Gasteiger partial charge on any atom is 0.231 e. The number of hydrogen-bond acceptors (Lipinski definition) is 4. The third-order valence-electron chi connectivity index (χ3n) is 2.89. The molecule has 0 saturated heterocycles. The minimum absolute atomic E-state index is 0.632. The summed E-state index contributed by atoms with van der Waals surface area (Å²) in [5, 5.41) is 1.02. The molecule has 4 heteroatoms. The van der Waals surface area contributed by atoms with E-state index in [2.05, 4.69) is 23.8 Å². The zero-order chi connectivity index (χ0) is 12.5. The molecule has 0 unspecified atom stereocenters. The van der Waals surface area contributed by atoms with Crippen LogP contribution in [0.1, 0.15) is 10.4 Å². The fourth-order valence-corrected chi connectivity index (χ4v) is 2.82. The molecule has 0 spiro atoms. The van der Waals surface area contributed by atoms with Crippen LogP contribution in [0.25, 0.3) is 10.2 Å². The fraction of sp³-hybridized carbons (Fsp3) is 0.143. The Balaban J connectivity index is 2.12. The van der Waals surface area contributed by atoms with Crippen molar-refractivity contribution in [1.29, 1.82) is 0 Å². The van der Waals surface area contributed by atoms with Crippen molar-refractivity contribution < 1.29 is 4.74 Å². The van der Waals surface area contributed by atoms with Gasteiger partial charge in [-0.15, -0.1) is 11.3 Å². The molecular formula is C14H12N2OS. The first-order valence-corrected chi connectivity index (χ1v) is 6.51. The highest BCUT2D eigenvalue weighted by atomic mass is 32.1. The third-order valence-corrected chi connectivity index (χ3v) is 4.00. The number of aryl methyl sites for hydroxylation is 2. The van der Waals surface area contributed by atoms with Crippen molar-refractivity contribution in [2.75, 3.05) is 0 Å². The second-order valence-corrected chi connectivity index (χ2v) is 5.26. The van der Waals surface area contributed by atoms with Gasteiger partial charge >= 0.3 is 0 Å². The van der Waals surface area contributed by atoms with E-state index in [9.17, 15) is 0 Å². The second kappa shape index (κ2) is 4.38. The number of thiophene rings is 1. The summed E-state index contributed by atoms with van der Waals surface area (Å²) in [5.74, 6) is 1.42. The molecule has 0 aliphatic heterocycles. The molecule has 0 aliphatic carbocycles. The van der Waals surface area contributed by atoms with Crippen LogP contribution in [0.15, 0.2) is 36.7 Å². The van der Waals surface area contributed by atoms with Crippen molar-refractivity contribution in [2.24, 2.45) is 0 Å². The van der Waals surface area contributed by atoms with Gasteiger partial charge in [0.2, 0.25) is 5.88 Å². The van der Waals surface area contributed by atoms with Gasteiger partial charge in [0.25, 0.3) is 0 Å². The normalized spacial score (nSPS) is 10.8. The molecule has 0 N–H and O–H groups in total. The summed E-state index contributed by atoms with van der Waals surface area (Å²) < 4.78 is 5.84. The molecule has 3 aromatic rings. The number of hydrogen-bond donors (Lipinski definition) is 0. The summed E-state index contributed by atoms with van der Waals surface area (Å²) in [6, 6.07) is 9.69. The number of nitrogens with zero attached hydrogens (tertiary/aromatic N) is 2. The summed E-state index contributed by atoms with van der Waals surface area (Å²) in [4.78, 5) is 10.8. The van der Waals surface area contributed by atoms with Crippen molar-refractivity contribution in [1.82, 2.24) is 9.97 Å². The molecule has 90 valence electrons. The lowest BCUT2D eigenvalue weighted by atomic mass is 10.2. The van der Waals surface area contributed by atoms with Crippen molar-refractivity contribution in [3.63, 3.8) is 0 Å². The lowest BCUT2D eigenvalue weighted by Crippen LogP contribution is -1.90. The van der Waals surface area contributed by atoms with E-state index in [1.54, 1.807) is 17.7 Å². The van der Waals surface area contributed by atoms with E-state index in [4.69, 9.17) is 4.74 Å². The molecule has 18 heavy (non-hydrogen) atoms. The van der Waals surface area contributed by atoms with Crippen LogP contribution >= 0.6 is 11.3 Å². The molecule has 2 aromatic heterocycles. The zero-order valence-electron chi connectivity index (χ0n) is 10.2. The number of aromatic nitrogens is 2. The number of ether oxygens (including phenoxy) is 1. The molecule has 0 bridgehead atoms. The standard InChI is InChI=1S/C14H12N2OS/c1-9-10(2)18-14-12(9)13(15-8-16-14)17-11-6-4-3-5-7-11/h3-8H,1-2H3. The first kappa shape index (κ1) is 11.2. The third kappa shape index (κ3) is 1.84. The summed E-state index contributed by atoms with van der Waals surface area (Å²) in [5.41, 5.74) is 1.20. The van der Waals surface area contributed by atoms with E-state index in [-0.39, 0.29) is 0 Å². The van der Waals surface area contributed by atoms with Gasteiger partial charge in [-0.05, 0) is 31.5 Å². The molecule has 0 atom stereocenters. The van der Waals surface area contributed by atoms with Gasteiger partial charge in [-0.3, -0.25) is 0 Å². The van der Waals surface area contributed by atoms with Crippen molar-refractivity contribution in [3.8, 4) is 11.6 Å². The van der Waals surface area contributed by atoms with E-state index in [0.29, 0.717) is 5.88 Å². The average Bonchev–Trinajstić information content (AvgIpc) is 2.67. The Morgan fingerprint density at radius 3 is 2.61 bits per heavy atom. The molecule has 0 saturated carbocycles. The van der Waals surface area contributed by atoms with Gasteiger partial charge in [-0.1, -0.05) is 18.2 Å². The van der Waals surface area contributed by atoms with E-state index in [0.717, 1.165) is 16.0 Å². The highest BCUT2D eigenvalue weighted by molar-refractivity contribution is 7.18. The Kier molecular flexibility index (Phi) is 2.72. The summed E-state index contributed by atoms with van der Waals surface area (Å²) >= 11 is 1.67. The van der Waals surface area contributed by atoms with Gasteiger partial charge in [0, 0.05) is 4.88 Å². The minimum atomic E-state index is 0.632. The minimum Gasteiger partial charge on any atom is -0.438 e. The highest BCUT2D eigenvalue weighted by Gasteiger charge is 2.13. The zero-order valence-corrected chi connectivity index (χ0v) is 11.0. The van der Waals surface area contributed by atoms with E-state index in [1.807, 2.05) is 30.3 Å². The van der Waals surface area contributed by atoms with Crippen LogP contribution in [0.5, 0.6) is 11.6 Å². The number of para-hydroxylation sites is 1. The molecule has 3 nitrogen and oxygen atoms in total. The molecule has 0 fully saturated rings. The Bertz CT molecular complexity index is 692. The Labute approximate surface area is 109 Å². The van der Waals surface area contributed by atoms with Crippen LogP contribution in [-0.2, 0) is 0 Å². The van der Waals surface area contributed by atoms with Gasteiger partial charge in [0.15, 0.2) is 0 Å². The van der Waals surface area contributed by atoms with Crippen LogP contribution in [0.3, 0.4) is 0 Å². The predicted molar refractivity (Wildman–Crippen MR) is 73.4 cm³/mol. The lowest BCUT2D eigenvalue weighted by Gasteiger charge is -2.05. The largest absolute Gasteiger partial charge is 0.438 e. The first-order chi connectivity index (χ1) is 8.75. The lowest BCUT2D eigenvalue weighted by molar-refractivity contribution is 0.468. The Hall–Kier alpha value is -1.94. The van der Waals surface area contributed by atoms with Gasteiger partial charge in [0.1, 0.15) is 16.9 Å². The fourth-order valence-electron chi connectivity index (χ4n) is 1.83. The number of rotatable bonds is 2. The summed E-state index contributed by atoms with van der Waals surface area (Å²) in [7, 11) is 0. The van der Waals surface area contributed by atoms with Gasteiger partial charge in [0.05, 0.1) is 5.39 Å². The number of fused-ring (bicyclic) bond motifs is 1. The van der Waals surface area contributed by atoms with Gasteiger partial charge in [-0.25, -0.2) is 9.97 Å². The maximum absolute atomic E-state index is 5.84. The molecule has 1 aromatic carbocycles. The Morgan fingerprint density at radius 2 is 1.83 bits per heavy atom. The second-order valence-electron chi connectivity index (χ2n) is 4.06. The van der Waals surface area contributed by atoms with E-state index >= 15 is 0 Å². The van der Waals surface area contributed by atoms with Crippen LogP contribution in [0, 0.1) is 13.8 Å². The number of benzene rings is 1. The van der Waals surface area contributed by atoms with Crippen LogP contribution in [0.2, 0.25) is 0 Å². The molecular weight excluding hydrogens is 244 g/mol. The topological polar surface area (TPSA) is 35.0 Å². The maximum atomic E-state index is 5.84. The molecule has 2 heterocycles. The predicted octanol–water partition coefficient (Wildman–Crippen LogP) is 4.10. The SMILES string of the molecule is Cc1sc2ncnc(Oc3ccccc3)c2c1C. The van der Waals surface area contributed by atoms with E-state index in [1.165, 1.54) is 10.4 Å². The summed E-state index contributed by atoms with van der Waals surface area (Å²) in [6.45, 7) is 4.17. The van der Waals surface area contributed by atoms with Gasteiger partial charge < -0.3 is 4.74 Å². The van der Waals surface area contributed by atoms with Crippen LogP contribution < -0.4 is 4.74 Å². The molecule has 0 aliphatic rings. The van der Waals surface area contributed by atoms with Crippen LogP contribution in [-0.4, -0.2) is 9.97 Å². The average molecular weight is 256 g/mol. The Morgan fingerprint density at radius 1 is 1.06 bits per heavy atom. The molecule has 0 radical (unpaired) electrons. The molecule has 3 rings (SSSR count). The van der Waals surface area contributed by atoms with Crippen molar-refractivity contribution in [3.05, 3.63) is 47.1 Å². The van der Waals surface area contributed by atoms with E-state index < -0.39 is 0 Å². The molecule has 0 amide bonds. The monoisotopic (exact) mass is 256 g/mol. The highest BCUT2D eigenvalue weighted by Crippen LogP contribution is 2.35. The first-order valence-electron chi connectivity index (χ1n) is 5.69. The van der Waals surface area contributed by atoms with Crippen molar-refractivity contribution in [2.45, 2.75) is 13.8 Å². The van der Waals surface area contributed by atoms with Gasteiger partial charge in [-0.2, -0.15) is 0 Å². The summed E-state index contributed by atoms with van der Waals surface area (Å²) in [6.07, 6.45) is 1.55. The van der Waals surface area contributed by atoms with Crippen LogP contribution in [0.4, 0.5) is 0 Å². The quantitative estimate of drug-likeness (QED) is 0.692. The smallest absolute Gasteiger partial charge is 0.231 e.